The number of hydrogen-bond donors (Lipinski definition) is 1. The zero-order valence-corrected chi connectivity index (χ0v) is 19.6. The van der Waals surface area contributed by atoms with Crippen molar-refractivity contribution in [2.75, 3.05) is 7.11 Å². The largest absolute Gasteiger partial charge is 0.497 e. The minimum absolute atomic E-state index is 0.00708. The quantitative estimate of drug-likeness (QED) is 0.398. The predicted molar refractivity (Wildman–Crippen MR) is 129 cm³/mol. The van der Waals surface area contributed by atoms with E-state index >= 15 is 0 Å². The van der Waals surface area contributed by atoms with Gasteiger partial charge in [-0.05, 0) is 41.5 Å². The molecule has 170 valence electrons. The number of hydrogen-bond acceptors (Lipinski definition) is 4. The lowest BCUT2D eigenvalue weighted by Gasteiger charge is -2.08. The molecule has 0 saturated heterocycles. The van der Waals surface area contributed by atoms with Gasteiger partial charge in [0.25, 0.3) is 0 Å². The fourth-order valence-electron chi connectivity index (χ4n) is 3.62. The number of methoxy groups -OCH3 is 1. The van der Waals surface area contributed by atoms with Crippen LogP contribution in [0.2, 0.25) is 5.02 Å². The summed E-state index contributed by atoms with van der Waals surface area (Å²) in [6.45, 7) is 0.372. The Morgan fingerprint density at radius 3 is 2.33 bits per heavy atom. The lowest BCUT2D eigenvalue weighted by Crippen LogP contribution is -2.26. The van der Waals surface area contributed by atoms with Crippen molar-refractivity contribution in [1.29, 1.82) is 0 Å². The van der Waals surface area contributed by atoms with Gasteiger partial charge in [0.2, 0.25) is 5.91 Å². The van der Waals surface area contributed by atoms with Gasteiger partial charge in [-0.3, -0.25) is 4.79 Å². The summed E-state index contributed by atoms with van der Waals surface area (Å²) in [7, 11) is -2.04. The number of fused-ring (bicyclic) bond motifs is 1. The molecule has 0 aliphatic carbocycles. The average molecular weight is 483 g/mol. The molecule has 0 aliphatic rings. The second-order valence-electron chi connectivity index (χ2n) is 7.65. The van der Waals surface area contributed by atoms with Crippen LogP contribution in [0.5, 0.6) is 5.75 Å². The highest BCUT2D eigenvalue weighted by molar-refractivity contribution is 7.90. The molecule has 6 nitrogen and oxygen atoms in total. The molecule has 0 spiro atoms. The van der Waals surface area contributed by atoms with Gasteiger partial charge in [0.1, 0.15) is 12.3 Å². The molecule has 0 radical (unpaired) electrons. The van der Waals surface area contributed by atoms with E-state index in [1.807, 2.05) is 36.4 Å². The summed E-state index contributed by atoms with van der Waals surface area (Å²) in [5.41, 5.74) is 2.27. The molecule has 8 heteroatoms. The molecular weight excluding hydrogens is 460 g/mol. The first-order chi connectivity index (χ1) is 15.9. The monoisotopic (exact) mass is 482 g/mol. The molecule has 0 fully saturated rings. The van der Waals surface area contributed by atoms with Crippen molar-refractivity contribution in [2.45, 2.75) is 23.7 Å². The van der Waals surface area contributed by atoms with Crippen molar-refractivity contribution in [3.05, 3.63) is 95.1 Å². The molecule has 0 unspecified atom stereocenters. The second kappa shape index (κ2) is 9.68. The number of carbonyl (C=O) groups is 1. The maximum absolute atomic E-state index is 13.2. The Labute approximate surface area is 197 Å². The third-order valence-electron chi connectivity index (χ3n) is 5.32. The maximum Gasteiger partial charge on any atom is 0.240 e. The van der Waals surface area contributed by atoms with Crippen LogP contribution in [0.3, 0.4) is 0 Å². The summed E-state index contributed by atoms with van der Waals surface area (Å²) in [6.07, 6.45) is 1.54. The zero-order chi connectivity index (χ0) is 23.4. The molecule has 0 atom stereocenters. The van der Waals surface area contributed by atoms with E-state index in [0.29, 0.717) is 28.0 Å². The number of nitrogens with one attached hydrogen (secondary N) is 1. The molecular formula is C25H23ClN2O4S. The number of para-hydroxylation sites is 1. The topological polar surface area (TPSA) is 77.4 Å². The van der Waals surface area contributed by atoms with Crippen LogP contribution in [0.25, 0.3) is 10.9 Å². The van der Waals surface area contributed by atoms with E-state index in [4.69, 9.17) is 16.3 Å². The van der Waals surface area contributed by atoms with Crippen molar-refractivity contribution in [2.24, 2.45) is 0 Å². The minimum atomic E-state index is -3.64. The Kier molecular flexibility index (Phi) is 6.72. The molecule has 1 amide bonds. The van der Waals surface area contributed by atoms with Crippen LogP contribution in [0.15, 0.2) is 83.9 Å². The van der Waals surface area contributed by atoms with Gasteiger partial charge in [-0.2, -0.15) is 0 Å². The Morgan fingerprint density at radius 2 is 1.64 bits per heavy atom. The van der Waals surface area contributed by atoms with Gasteiger partial charge >= 0.3 is 0 Å². The van der Waals surface area contributed by atoms with Gasteiger partial charge in [0, 0.05) is 28.7 Å². The number of benzene rings is 3. The highest BCUT2D eigenvalue weighted by Crippen LogP contribution is 2.28. The second-order valence-corrected chi connectivity index (χ2v) is 10.0. The summed E-state index contributed by atoms with van der Waals surface area (Å²) in [6, 6.07) is 21.3. The first kappa shape index (κ1) is 22.9. The van der Waals surface area contributed by atoms with Crippen LogP contribution in [0.4, 0.5) is 0 Å². The first-order valence-corrected chi connectivity index (χ1v) is 12.3. The Bertz CT molecular complexity index is 1380. The van der Waals surface area contributed by atoms with Crippen molar-refractivity contribution >= 4 is 38.2 Å². The molecule has 0 bridgehead atoms. The van der Waals surface area contributed by atoms with Crippen molar-refractivity contribution in [1.82, 2.24) is 9.88 Å². The van der Waals surface area contributed by atoms with E-state index in [2.05, 4.69) is 5.32 Å². The zero-order valence-electron chi connectivity index (χ0n) is 18.0. The van der Waals surface area contributed by atoms with Crippen LogP contribution >= 0.6 is 11.6 Å². The van der Waals surface area contributed by atoms with Gasteiger partial charge in [0.15, 0.2) is 9.84 Å². The van der Waals surface area contributed by atoms with E-state index in [1.54, 1.807) is 54.3 Å². The summed E-state index contributed by atoms with van der Waals surface area (Å²) < 4.78 is 33.2. The van der Waals surface area contributed by atoms with Crippen molar-refractivity contribution < 1.29 is 17.9 Å². The van der Waals surface area contributed by atoms with Crippen molar-refractivity contribution in [3.63, 3.8) is 0 Å². The third kappa shape index (κ3) is 5.38. The molecule has 1 N–H and O–H groups in total. The Morgan fingerprint density at radius 1 is 0.970 bits per heavy atom. The average Bonchev–Trinajstić information content (AvgIpc) is 3.19. The Balaban J connectivity index is 1.53. The molecule has 0 saturated carbocycles. The fraction of sp³-hybridized carbons (Fsp3) is 0.160. The van der Waals surface area contributed by atoms with E-state index in [-0.39, 0.29) is 23.1 Å². The molecule has 1 heterocycles. The van der Waals surface area contributed by atoms with Gasteiger partial charge < -0.3 is 14.6 Å². The third-order valence-corrected chi connectivity index (χ3v) is 7.28. The summed E-state index contributed by atoms with van der Waals surface area (Å²) in [4.78, 5) is 12.8. The van der Waals surface area contributed by atoms with Crippen LogP contribution in [0, 0.1) is 0 Å². The van der Waals surface area contributed by atoms with Crippen molar-refractivity contribution in [3.8, 4) is 5.75 Å². The lowest BCUT2D eigenvalue weighted by molar-refractivity contribution is -0.121. The van der Waals surface area contributed by atoms with Crippen LogP contribution in [-0.2, 0) is 33.5 Å². The molecule has 1 aromatic heterocycles. The van der Waals surface area contributed by atoms with Crippen LogP contribution in [-0.4, -0.2) is 26.0 Å². The number of amides is 1. The van der Waals surface area contributed by atoms with Crippen LogP contribution in [0.1, 0.15) is 11.1 Å². The van der Waals surface area contributed by atoms with Gasteiger partial charge in [-0.1, -0.05) is 54.1 Å². The lowest BCUT2D eigenvalue weighted by atomic mass is 10.2. The van der Waals surface area contributed by atoms with E-state index in [9.17, 15) is 13.2 Å². The van der Waals surface area contributed by atoms with E-state index in [1.165, 1.54) is 0 Å². The summed E-state index contributed by atoms with van der Waals surface area (Å²) in [5, 5.41) is 4.02. The normalized spacial score (nSPS) is 11.5. The Hall–Kier alpha value is -3.29. The first-order valence-electron chi connectivity index (χ1n) is 10.3. The smallest absolute Gasteiger partial charge is 0.240 e. The predicted octanol–water partition coefficient (Wildman–Crippen LogP) is 4.59. The number of nitrogens with zero attached hydrogens (tertiary/aromatic N) is 1. The molecule has 0 aliphatic heterocycles. The minimum Gasteiger partial charge on any atom is -0.497 e. The number of rotatable bonds is 8. The fourth-order valence-corrected chi connectivity index (χ4v) is 5.33. The summed E-state index contributed by atoms with van der Waals surface area (Å²) in [5.74, 6) is 0.381. The number of ether oxygens (including phenoxy) is 1. The van der Waals surface area contributed by atoms with Gasteiger partial charge in [0.05, 0.1) is 17.8 Å². The molecule has 4 aromatic rings. The summed E-state index contributed by atoms with van der Waals surface area (Å²) >= 11 is 5.91. The standard InChI is InChI=1S/C25H23ClN2O4S/c1-32-21-12-8-18(9-13-21)14-27-25(29)16-28-15-24(22-4-2-3-5-23(22)28)33(30,31)17-19-6-10-20(26)11-7-19/h2-13,15H,14,16-17H2,1H3,(H,27,29). The van der Waals surface area contributed by atoms with Gasteiger partial charge in [-0.15, -0.1) is 0 Å². The van der Waals surface area contributed by atoms with Crippen LogP contribution < -0.4 is 10.1 Å². The SMILES string of the molecule is COc1ccc(CNC(=O)Cn2cc(S(=O)(=O)Cc3ccc(Cl)cc3)c3ccccc32)cc1. The number of carbonyl (C=O) groups excluding carboxylic acids is 1. The van der Waals surface area contributed by atoms with E-state index < -0.39 is 9.84 Å². The molecule has 3 aromatic carbocycles. The van der Waals surface area contributed by atoms with Gasteiger partial charge in [-0.25, -0.2) is 8.42 Å². The number of sulfone groups is 1. The highest BCUT2D eigenvalue weighted by atomic mass is 35.5. The molecule has 33 heavy (non-hydrogen) atoms. The molecule has 4 rings (SSSR count). The number of halogens is 1. The number of aromatic nitrogens is 1. The highest BCUT2D eigenvalue weighted by Gasteiger charge is 2.22. The maximum atomic E-state index is 13.2. The van der Waals surface area contributed by atoms with E-state index in [0.717, 1.165) is 11.3 Å².